The normalized spacial score (nSPS) is 20.0. The predicted octanol–water partition coefficient (Wildman–Crippen LogP) is 2.35. The third kappa shape index (κ3) is 4.32. The summed E-state index contributed by atoms with van der Waals surface area (Å²) in [6, 6.07) is 4.87. The van der Waals surface area contributed by atoms with Crippen LogP contribution in [0.25, 0.3) is 0 Å². The number of hydrogen-bond donors (Lipinski definition) is 0. The largest absolute Gasteiger partial charge is 0.452 e. The number of carbonyl (C=O) groups is 2. The molecule has 3 rings (SSSR count). The molecule has 0 spiro atoms. The van der Waals surface area contributed by atoms with E-state index in [4.69, 9.17) is 4.74 Å². The number of nitrogens with zero attached hydrogens (tertiary/aromatic N) is 2. The molecule has 7 nitrogen and oxygen atoms in total. The van der Waals surface area contributed by atoms with E-state index in [1.54, 1.807) is 30.1 Å². The Balaban J connectivity index is 1.63. The maximum Gasteiger partial charge on any atom is 0.338 e. The van der Waals surface area contributed by atoms with Crippen molar-refractivity contribution in [2.75, 3.05) is 24.2 Å². The Morgan fingerprint density at radius 2 is 1.89 bits per heavy atom. The highest BCUT2D eigenvalue weighted by atomic mass is 32.2. The summed E-state index contributed by atoms with van der Waals surface area (Å²) in [5.74, 6) is -0.767. The minimum atomic E-state index is -3.37. The van der Waals surface area contributed by atoms with Gasteiger partial charge in [-0.05, 0) is 49.9 Å². The van der Waals surface area contributed by atoms with Crippen LogP contribution in [0.15, 0.2) is 18.2 Å². The maximum absolute atomic E-state index is 12.4. The number of hydrogen-bond acceptors (Lipinski definition) is 5. The quantitative estimate of drug-likeness (QED) is 0.699. The number of esters is 1. The topological polar surface area (TPSA) is 84.0 Å². The standard InChI is InChI=1S/C20H28N2O5S/c1-14-11-16-12-15(9-10-18(16)22(14)28(3,25)26)20(24)27-13-19(23)21(2)17-7-5-4-6-8-17/h9-10,12,14,17H,4-8,11,13H2,1-3H3. The molecule has 0 N–H and O–H groups in total. The lowest BCUT2D eigenvalue weighted by atomic mass is 9.94. The molecule has 1 unspecified atom stereocenters. The van der Waals surface area contributed by atoms with Crippen molar-refractivity contribution in [3.63, 3.8) is 0 Å². The van der Waals surface area contributed by atoms with Gasteiger partial charge in [-0.25, -0.2) is 13.2 Å². The van der Waals surface area contributed by atoms with E-state index in [1.165, 1.54) is 17.0 Å². The molecule has 1 fully saturated rings. The summed E-state index contributed by atoms with van der Waals surface area (Å²) in [7, 11) is -1.61. The molecule has 1 amide bonds. The average Bonchev–Trinajstić information content (AvgIpc) is 3.00. The molecule has 0 aromatic heterocycles. The number of carbonyl (C=O) groups excluding carboxylic acids is 2. The van der Waals surface area contributed by atoms with E-state index in [-0.39, 0.29) is 24.6 Å². The van der Waals surface area contributed by atoms with E-state index in [9.17, 15) is 18.0 Å². The van der Waals surface area contributed by atoms with Gasteiger partial charge < -0.3 is 9.64 Å². The lowest BCUT2D eigenvalue weighted by Gasteiger charge is -2.31. The van der Waals surface area contributed by atoms with Crippen molar-refractivity contribution < 1.29 is 22.7 Å². The zero-order valence-electron chi connectivity index (χ0n) is 16.7. The molecule has 0 radical (unpaired) electrons. The van der Waals surface area contributed by atoms with E-state index in [1.807, 2.05) is 6.92 Å². The number of ether oxygens (including phenoxy) is 1. The Hall–Kier alpha value is -2.09. The van der Waals surface area contributed by atoms with Gasteiger partial charge in [-0.15, -0.1) is 0 Å². The highest BCUT2D eigenvalue weighted by molar-refractivity contribution is 7.92. The van der Waals surface area contributed by atoms with E-state index >= 15 is 0 Å². The molecular weight excluding hydrogens is 380 g/mol. The van der Waals surface area contributed by atoms with E-state index < -0.39 is 16.0 Å². The van der Waals surface area contributed by atoms with Crippen molar-refractivity contribution in [3.05, 3.63) is 29.3 Å². The molecule has 1 aliphatic carbocycles. The van der Waals surface area contributed by atoms with Gasteiger partial charge in [-0.2, -0.15) is 0 Å². The van der Waals surface area contributed by atoms with Crippen LogP contribution >= 0.6 is 0 Å². The molecule has 1 aromatic carbocycles. The van der Waals surface area contributed by atoms with Gasteiger partial charge in [0, 0.05) is 19.1 Å². The van der Waals surface area contributed by atoms with Gasteiger partial charge in [0.2, 0.25) is 10.0 Å². The van der Waals surface area contributed by atoms with Gasteiger partial charge >= 0.3 is 5.97 Å². The number of benzene rings is 1. The van der Waals surface area contributed by atoms with Gasteiger partial charge in [0.05, 0.1) is 17.5 Å². The SMILES string of the molecule is CC1Cc2cc(C(=O)OCC(=O)N(C)C3CCCCC3)ccc2N1S(C)(=O)=O. The number of anilines is 1. The third-order valence-electron chi connectivity index (χ3n) is 5.67. The Bertz CT molecular complexity index is 861. The van der Waals surface area contributed by atoms with Gasteiger partial charge in [-0.1, -0.05) is 19.3 Å². The molecule has 0 saturated heterocycles. The molecule has 1 saturated carbocycles. The maximum atomic E-state index is 12.4. The third-order valence-corrected chi connectivity index (χ3v) is 6.94. The van der Waals surface area contributed by atoms with Crippen molar-refractivity contribution in [1.29, 1.82) is 0 Å². The Labute approximate surface area is 166 Å². The van der Waals surface area contributed by atoms with Crippen LogP contribution < -0.4 is 4.31 Å². The molecule has 1 aliphatic heterocycles. The fourth-order valence-electron chi connectivity index (χ4n) is 4.22. The summed E-state index contributed by atoms with van der Waals surface area (Å²) in [4.78, 5) is 26.4. The van der Waals surface area contributed by atoms with E-state index in [0.717, 1.165) is 31.2 Å². The first-order valence-corrected chi connectivity index (χ1v) is 11.6. The average molecular weight is 409 g/mol. The van der Waals surface area contributed by atoms with Crippen molar-refractivity contribution in [1.82, 2.24) is 4.90 Å². The summed E-state index contributed by atoms with van der Waals surface area (Å²) in [6.45, 7) is 1.55. The zero-order valence-corrected chi connectivity index (χ0v) is 17.5. The van der Waals surface area contributed by atoms with Crippen LogP contribution in [0, 0.1) is 0 Å². The monoisotopic (exact) mass is 408 g/mol. The van der Waals surface area contributed by atoms with E-state index in [0.29, 0.717) is 17.7 Å². The summed E-state index contributed by atoms with van der Waals surface area (Å²) >= 11 is 0. The molecular formula is C20H28N2O5S. The number of amides is 1. The molecule has 1 aromatic rings. The fourth-order valence-corrected chi connectivity index (χ4v) is 5.48. The molecule has 1 atom stereocenters. The van der Waals surface area contributed by atoms with Gasteiger partial charge in [0.25, 0.3) is 5.91 Å². The zero-order chi connectivity index (χ0) is 20.5. The van der Waals surface area contributed by atoms with Crippen LogP contribution in [-0.2, 0) is 26.0 Å². The van der Waals surface area contributed by atoms with Crippen molar-refractivity contribution in [2.24, 2.45) is 0 Å². The number of fused-ring (bicyclic) bond motifs is 1. The van der Waals surface area contributed by atoms with Crippen molar-refractivity contribution in [2.45, 2.75) is 57.5 Å². The molecule has 154 valence electrons. The van der Waals surface area contributed by atoms with Gasteiger partial charge in [0.15, 0.2) is 6.61 Å². The second kappa shape index (κ2) is 8.11. The summed E-state index contributed by atoms with van der Waals surface area (Å²) in [5, 5.41) is 0. The predicted molar refractivity (Wildman–Crippen MR) is 107 cm³/mol. The second-order valence-electron chi connectivity index (χ2n) is 7.83. The summed E-state index contributed by atoms with van der Waals surface area (Å²) in [6.07, 6.45) is 7.16. The highest BCUT2D eigenvalue weighted by Gasteiger charge is 2.33. The summed E-state index contributed by atoms with van der Waals surface area (Å²) < 4.78 is 30.6. The van der Waals surface area contributed by atoms with Crippen LogP contribution in [0.3, 0.4) is 0 Å². The molecule has 0 bridgehead atoms. The number of likely N-dealkylation sites (N-methyl/N-ethyl adjacent to an activating group) is 1. The van der Waals surface area contributed by atoms with Crippen LogP contribution in [-0.4, -0.2) is 57.2 Å². The van der Waals surface area contributed by atoms with Crippen LogP contribution in [0.2, 0.25) is 0 Å². The van der Waals surface area contributed by atoms with Gasteiger partial charge in [0.1, 0.15) is 0 Å². The van der Waals surface area contributed by atoms with E-state index in [2.05, 4.69) is 0 Å². The van der Waals surface area contributed by atoms with Crippen LogP contribution in [0.1, 0.15) is 54.9 Å². The lowest BCUT2D eigenvalue weighted by molar-refractivity contribution is -0.135. The van der Waals surface area contributed by atoms with Crippen molar-refractivity contribution in [3.8, 4) is 0 Å². The van der Waals surface area contributed by atoms with Crippen molar-refractivity contribution >= 4 is 27.6 Å². The molecule has 2 aliphatic rings. The molecule has 1 heterocycles. The number of sulfonamides is 1. The minimum Gasteiger partial charge on any atom is -0.452 e. The Morgan fingerprint density at radius 3 is 2.54 bits per heavy atom. The summed E-state index contributed by atoms with van der Waals surface area (Å²) in [5.41, 5.74) is 1.71. The second-order valence-corrected chi connectivity index (χ2v) is 9.69. The first-order chi connectivity index (χ1) is 13.2. The molecule has 28 heavy (non-hydrogen) atoms. The smallest absolute Gasteiger partial charge is 0.338 e. The first kappa shape index (κ1) is 20.6. The minimum absolute atomic E-state index is 0.193. The number of rotatable bonds is 5. The fraction of sp³-hybridized carbons (Fsp3) is 0.600. The highest BCUT2D eigenvalue weighted by Crippen LogP contribution is 2.34. The van der Waals surface area contributed by atoms with Gasteiger partial charge in [-0.3, -0.25) is 9.10 Å². The Morgan fingerprint density at radius 1 is 1.21 bits per heavy atom. The van der Waals surface area contributed by atoms with Crippen LogP contribution in [0.5, 0.6) is 0 Å². The molecule has 8 heteroatoms. The van der Waals surface area contributed by atoms with Crippen LogP contribution in [0.4, 0.5) is 5.69 Å². The lowest BCUT2D eigenvalue weighted by Crippen LogP contribution is -2.40. The Kier molecular flexibility index (Phi) is 5.98. The first-order valence-electron chi connectivity index (χ1n) is 9.73.